The SMILES string of the molecule is CC[C@@H](C)N(C(=O)CSc1nnnn1-c1ccccc1OC)[C@H]1CCS(=O)(=O)C1. The summed E-state index contributed by atoms with van der Waals surface area (Å²) in [5, 5.41) is 12.2. The Morgan fingerprint density at radius 1 is 1.41 bits per heavy atom. The number of carbonyl (C=O) groups is 1. The molecule has 1 aromatic carbocycles. The van der Waals surface area contributed by atoms with Crippen LogP contribution in [0.4, 0.5) is 0 Å². The molecule has 1 fully saturated rings. The predicted octanol–water partition coefficient (Wildman–Crippen LogP) is 1.58. The quantitative estimate of drug-likeness (QED) is 0.571. The number of carbonyl (C=O) groups excluding carboxylic acids is 1. The Balaban J connectivity index is 1.75. The van der Waals surface area contributed by atoms with Crippen molar-refractivity contribution in [3.63, 3.8) is 0 Å². The van der Waals surface area contributed by atoms with E-state index in [-0.39, 0.29) is 35.2 Å². The van der Waals surface area contributed by atoms with Crippen LogP contribution in [0.1, 0.15) is 26.7 Å². The highest BCUT2D eigenvalue weighted by molar-refractivity contribution is 7.99. The van der Waals surface area contributed by atoms with Gasteiger partial charge < -0.3 is 9.64 Å². The zero-order valence-electron chi connectivity index (χ0n) is 16.7. The molecule has 2 aromatic rings. The van der Waals surface area contributed by atoms with E-state index in [1.54, 1.807) is 12.0 Å². The van der Waals surface area contributed by atoms with Crippen molar-refractivity contribution in [2.75, 3.05) is 24.4 Å². The second-order valence-electron chi connectivity index (χ2n) is 6.95. The first-order chi connectivity index (χ1) is 13.9. The van der Waals surface area contributed by atoms with Crippen LogP contribution in [0.3, 0.4) is 0 Å². The Morgan fingerprint density at radius 2 is 2.17 bits per heavy atom. The third kappa shape index (κ3) is 4.89. The van der Waals surface area contributed by atoms with E-state index in [4.69, 9.17) is 4.74 Å². The van der Waals surface area contributed by atoms with Crippen LogP contribution in [0.25, 0.3) is 5.69 Å². The smallest absolute Gasteiger partial charge is 0.233 e. The number of aromatic nitrogens is 4. The topological polar surface area (TPSA) is 107 Å². The van der Waals surface area contributed by atoms with Gasteiger partial charge in [0, 0.05) is 12.1 Å². The third-order valence-corrected chi connectivity index (χ3v) is 7.69. The minimum absolute atomic E-state index is 0.0344. The Bertz CT molecular complexity index is 963. The maximum Gasteiger partial charge on any atom is 0.233 e. The number of para-hydroxylation sites is 2. The molecule has 0 aliphatic carbocycles. The zero-order valence-corrected chi connectivity index (χ0v) is 18.3. The van der Waals surface area contributed by atoms with Gasteiger partial charge in [0.2, 0.25) is 11.1 Å². The molecule has 11 heteroatoms. The molecule has 0 saturated carbocycles. The monoisotopic (exact) mass is 439 g/mol. The first-order valence-corrected chi connectivity index (χ1v) is 12.2. The van der Waals surface area contributed by atoms with Gasteiger partial charge in [-0.1, -0.05) is 30.8 Å². The molecule has 158 valence electrons. The molecule has 0 unspecified atom stereocenters. The van der Waals surface area contributed by atoms with E-state index >= 15 is 0 Å². The molecule has 0 spiro atoms. The average molecular weight is 440 g/mol. The van der Waals surface area contributed by atoms with Crippen LogP contribution in [0, 0.1) is 0 Å². The Labute approximate surface area is 174 Å². The fourth-order valence-corrected chi connectivity index (χ4v) is 5.89. The number of ether oxygens (including phenoxy) is 1. The van der Waals surface area contributed by atoms with Crippen LogP contribution in [0.15, 0.2) is 29.4 Å². The highest BCUT2D eigenvalue weighted by atomic mass is 32.2. The first-order valence-electron chi connectivity index (χ1n) is 9.42. The van der Waals surface area contributed by atoms with Crippen molar-refractivity contribution in [3.8, 4) is 11.4 Å². The largest absolute Gasteiger partial charge is 0.494 e. The van der Waals surface area contributed by atoms with Crippen LogP contribution in [-0.2, 0) is 14.6 Å². The molecule has 1 saturated heterocycles. The van der Waals surface area contributed by atoms with Crippen LogP contribution in [0.2, 0.25) is 0 Å². The van der Waals surface area contributed by atoms with E-state index in [0.717, 1.165) is 6.42 Å². The highest BCUT2D eigenvalue weighted by Gasteiger charge is 2.36. The Hall–Kier alpha value is -2.14. The van der Waals surface area contributed by atoms with E-state index in [2.05, 4.69) is 15.5 Å². The molecule has 1 amide bonds. The molecule has 0 N–H and O–H groups in total. The van der Waals surface area contributed by atoms with Gasteiger partial charge in [0.25, 0.3) is 0 Å². The number of sulfone groups is 1. The lowest BCUT2D eigenvalue weighted by Crippen LogP contribution is -2.47. The molecule has 0 bridgehead atoms. The van der Waals surface area contributed by atoms with Gasteiger partial charge in [0.1, 0.15) is 11.4 Å². The van der Waals surface area contributed by atoms with E-state index in [1.807, 2.05) is 38.1 Å². The second kappa shape index (κ2) is 9.12. The minimum Gasteiger partial charge on any atom is -0.494 e. The molecular weight excluding hydrogens is 414 g/mol. The Morgan fingerprint density at radius 3 is 2.83 bits per heavy atom. The summed E-state index contributed by atoms with van der Waals surface area (Å²) in [6.07, 6.45) is 1.24. The van der Waals surface area contributed by atoms with Gasteiger partial charge in [-0.25, -0.2) is 8.42 Å². The summed E-state index contributed by atoms with van der Waals surface area (Å²) in [6, 6.07) is 7.03. The molecule has 3 rings (SSSR count). The fourth-order valence-electron chi connectivity index (χ4n) is 3.43. The van der Waals surface area contributed by atoms with Crippen LogP contribution in [-0.4, -0.2) is 75.9 Å². The number of hydrogen-bond donors (Lipinski definition) is 0. The van der Waals surface area contributed by atoms with Crippen molar-refractivity contribution in [1.29, 1.82) is 0 Å². The standard InChI is InChI=1S/C18H25N5O4S2/c1-4-13(2)22(14-9-10-29(25,26)12-14)17(24)11-28-18-19-20-21-23(18)15-7-5-6-8-16(15)27-3/h5-8,13-14H,4,9-12H2,1-3H3/t13-,14+/m1/s1. The van der Waals surface area contributed by atoms with E-state index in [9.17, 15) is 13.2 Å². The van der Waals surface area contributed by atoms with Gasteiger partial charge in [0.05, 0.1) is 24.4 Å². The average Bonchev–Trinajstić information content (AvgIpc) is 3.32. The maximum atomic E-state index is 13.0. The lowest BCUT2D eigenvalue weighted by molar-refractivity contribution is -0.132. The molecule has 0 radical (unpaired) electrons. The van der Waals surface area contributed by atoms with Gasteiger partial charge in [-0.3, -0.25) is 4.79 Å². The van der Waals surface area contributed by atoms with Crippen LogP contribution >= 0.6 is 11.8 Å². The van der Waals surface area contributed by atoms with Gasteiger partial charge in [-0.2, -0.15) is 4.68 Å². The number of benzene rings is 1. The normalized spacial score (nSPS) is 19.1. The number of hydrogen-bond acceptors (Lipinski definition) is 8. The number of tetrazole rings is 1. The first kappa shape index (κ1) is 21.6. The van der Waals surface area contributed by atoms with Crippen molar-refractivity contribution in [3.05, 3.63) is 24.3 Å². The highest BCUT2D eigenvalue weighted by Crippen LogP contribution is 2.27. The van der Waals surface area contributed by atoms with E-state index in [1.165, 1.54) is 16.4 Å². The fraction of sp³-hybridized carbons (Fsp3) is 0.556. The Kier molecular flexibility index (Phi) is 6.78. The predicted molar refractivity (Wildman–Crippen MR) is 110 cm³/mol. The number of rotatable bonds is 8. The zero-order chi connectivity index (χ0) is 21.0. The maximum absolute atomic E-state index is 13.0. The molecule has 9 nitrogen and oxygen atoms in total. The summed E-state index contributed by atoms with van der Waals surface area (Å²) in [4.78, 5) is 14.7. The molecule has 2 heterocycles. The summed E-state index contributed by atoms with van der Waals surface area (Å²) < 4.78 is 30.7. The molecule has 1 aromatic heterocycles. The molecular formula is C18H25N5O4S2. The number of nitrogens with zero attached hydrogens (tertiary/aromatic N) is 5. The lowest BCUT2D eigenvalue weighted by Gasteiger charge is -2.33. The number of methoxy groups -OCH3 is 1. The van der Waals surface area contributed by atoms with Crippen molar-refractivity contribution >= 4 is 27.5 Å². The van der Waals surface area contributed by atoms with Crippen molar-refractivity contribution in [1.82, 2.24) is 25.1 Å². The molecule has 29 heavy (non-hydrogen) atoms. The van der Waals surface area contributed by atoms with Gasteiger partial charge in [-0.05, 0) is 42.3 Å². The summed E-state index contributed by atoms with van der Waals surface area (Å²) in [7, 11) is -1.51. The van der Waals surface area contributed by atoms with Crippen molar-refractivity contribution in [2.24, 2.45) is 0 Å². The summed E-state index contributed by atoms with van der Waals surface area (Å²) >= 11 is 1.22. The molecule has 2 atom stereocenters. The number of amides is 1. The van der Waals surface area contributed by atoms with Gasteiger partial charge in [0.15, 0.2) is 9.84 Å². The van der Waals surface area contributed by atoms with Crippen LogP contribution < -0.4 is 4.74 Å². The van der Waals surface area contributed by atoms with Crippen molar-refractivity contribution in [2.45, 2.75) is 43.9 Å². The molecule has 1 aliphatic rings. The van der Waals surface area contributed by atoms with Crippen LogP contribution in [0.5, 0.6) is 5.75 Å². The van der Waals surface area contributed by atoms with Crippen molar-refractivity contribution < 1.29 is 17.9 Å². The summed E-state index contributed by atoms with van der Waals surface area (Å²) in [5.41, 5.74) is 0.676. The van der Waals surface area contributed by atoms with Gasteiger partial charge >= 0.3 is 0 Å². The van der Waals surface area contributed by atoms with Gasteiger partial charge in [-0.15, -0.1) is 5.10 Å². The van der Waals surface area contributed by atoms with E-state index < -0.39 is 9.84 Å². The lowest BCUT2D eigenvalue weighted by atomic mass is 10.1. The third-order valence-electron chi connectivity index (χ3n) is 5.03. The summed E-state index contributed by atoms with van der Waals surface area (Å²) in [6.45, 7) is 3.94. The number of thioether (sulfide) groups is 1. The van der Waals surface area contributed by atoms with E-state index in [0.29, 0.717) is 23.0 Å². The minimum atomic E-state index is -3.08. The summed E-state index contributed by atoms with van der Waals surface area (Å²) in [5.74, 6) is 0.798. The second-order valence-corrected chi connectivity index (χ2v) is 10.1. The molecule has 1 aliphatic heterocycles.